The van der Waals surface area contributed by atoms with E-state index in [4.69, 9.17) is 0 Å². The number of carbonyl (C=O) groups is 1. The number of amides is 1. The average molecular weight is 453 g/mol. The van der Waals surface area contributed by atoms with Gasteiger partial charge in [0.2, 0.25) is 0 Å². The molecular formula is C13H18BrIN4O. The summed E-state index contributed by atoms with van der Waals surface area (Å²) < 4.78 is 0.965. The molecule has 0 spiro atoms. The van der Waals surface area contributed by atoms with Gasteiger partial charge in [-0.3, -0.25) is 9.79 Å². The van der Waals surface area contributed by atoms with Crippen LogP contribution in [0.4, 0.5) is 0 Å². The SMILES string of the molecule is I.O=C(NCCNC1=NCCCN1)c1ccc(Br)cc1. The van der Waals surface area contributed by atoms with E-state index in [-0.39, 0.29) is 29.9 Å². The van der Waals surface area contributed by atoms with Crippen molar-refractivity contribution in [3.63, 3.8) is 0 Å². The van der Waals surface area contributed by atoms with Crippen LogP contribution in [0.15, 0.2) is 33.7 Å². The lowest BCUT2D eigenvalue weighted by Crippen LogP contribution is -2.43. The molecule has 7 heteroatoms. The van der Waals surface area contributed by atoms with Gasteiger partial charge < -0.3 is 16.0 Å². The molecular weight excluding hydrogens is 435 g/mol. The summed E-state index contributed by atoms with van der Waals surface area (Å²) in [6.07, 6.45) is 1.07. The molecule has 0 fully saturated rings. The van der Waals surface area contributed by atoms with E-state index in [0.29, 0.717) is 18.7 Å². The third-order valence-corrected chi connectivity index (χ3v) is 3.24. The number of benzene rings is 1. The lowest BCUT2D eigenvalue weighted by atomic mass is 10.2. The van der Waals surface area contributed by atoms with Gasteiger partial charge in [0.05, 0.1) is 0 Å². The van der Waals surface area contributed by atoms with Crippen molar-refractivity contribution in [1.29, 1.82) is 0 Å². The van der Waals surface area contributed by atoms with Gasteiger partial charge in [-0.1, -0.05) is 15.9 Å². The number of rotatable bonds is 4. The van der Waals surface area contributed by atoms with Crippen LogP contribution in [0.2, 0.25) is 0 Å². The van der Waals surface area contributed by atoms with Crippen molar-refractivity contribution in [3.05, 3.63) is 34.3 Å². The fourth-order valence-electron chi connectivity index (χ4n) is 1.71. The zero-order chi connectivity index (χ0) is 13.5. The van der Waals surface area contributed by atoms with E-state index in [9.17, 15) is 4.79 Å². The van der Waals surface area contributed by atoms with Crippen molar-refractivity contribution in [2.75, 3.05) is 26.2 Å². The van der Waals surface area contributed by atoms with Crippen LogP contribution in [0.3, 0.4) is 0 Å². The van der Waals surface area contributed by atoms with Crippen LogP contribution in [-0.4, -0.2) is 38.0 Å². The Hall–Kier alpha value is -0.830. The smallest absolute Gasteiger partial charge is 0.251 e. The van der Waals surface area contributed by atoms with E-state index >= 15 is 0 Å². The first kappa shape index (κ1) is 17.2. The second-order valence-electron chi connectivity index (χ2n) is 4.20. The zero-order valence-electron chi connectivity index (χ0n) is 11.0. The second kappa shape index (κ2) is 9.17. The summed E-state index contributed by atoms with van der Waals surface area (Å²) in [6.45, 7) is 3.04. The summed E-state index contributed by atoms with van der Waals surface area (Å²) in [4.78, 5) is 16.1. The number of hydrogen-bond donors (Lipinski definition) is 3. The van der Waals surface area contributed by atoms with Crippen molar-refractivity contribution in [2.45, 2.75) is 6.42 Å². The molecule has 5 nitrogen and oxygen atoms in total. The minimum Gasteiger partial charge on any atom is -0.356 e. The predicted molar refractivity (Wildman–Crippen MR) is 94.8 cm³/mol. The number of nitrogens with one attached hydrogen (secondary N) is 3. The highest BCUT2D eigenvalue weighted by Gasteiger charge is 2.05. The molecule has 2 rings (SSSR count). The summed E-state index contributed by atoms with van der Waals surface area (Å²) in [5.41, 5.74) is 0.663. The van der Waals surface area contributed by atoms with Gasteiger partial charge in [-0.2, -0.15) is 0 Å². The summed E-state index contributed by atoms with van der Waals surface area (Å²) >= 11 is 3.34. The van der Waals surface area contributed by atoms with Crippen LogP contribution in [0, 0.1) is 0 Å². The molecule has 0 radical (unpaired) electrons. The Labute approximate surface area is 144 Å². The Kier molecular flexibility index (Phi) is 7.90. The first-order valence-corrected chi connectivity index (χ1v) is 7.11. The summed E-state index contributed by atoms with van der Waals surface area (Å²) in [5, 5.41) is 9.18. The van der Waals surface area contributed by atoms with Gasteiger partial charge in [-0.25, -0.2) is 0 Å². The Morgan fingerprint density at radius 3 is 2.70 bits per heavy atom. The first-order chi connectivity index (χ1) is 9.25. The monoisotopic (exact) mass is 452 g/mol. The van der Waals surface area contributed by atoms with Gasteiger partial charge in [0.25, 0.3) is 5.91 Å². The minimum atomic E-state index is -0.0622. The van der Waals surface area contributed by atoms with Crippen molar-refractivity contribution < 1.29 is 4.79 Å². The van der Waals surface area contributed by atoms with Gasteiger partial charge in [0.15, 0.2) is 5.96 Å². The maximum Gasteiger partial charge on any atom is 0.251 e. The molecule has 0 aromatic heterocycles. The van der Waals surface area contributed by atoms with E-state index in [2.05, 4.69) is 36.9 Å². The molecule has 0 aliphatic carbocycles. The van der Waals surface area contributed by atoms with E-state index in [1.54, 1.807) is 12.1 Å². The van der Waals surface area contributed by atoms with Crippen LogP contribution in [0.1, 0.15) is 16.8 Å². The molecule has 0 saturated heterocycles. The Morgan fingerprint density at radius 1 is 1.30 bits per heavy atom. The van der Waals surface area contributed by atoms with Gasteiger partial charge in [-0.15, -0.1) is 24.0 Å². The van der Waals surface area contributed by atoms with Crippen LogP contribution in [-0.2, 0) is 0 Å². The third-order valence-electron chi connectivity index (χ3n) is 2.71. The Morgan fingerprint density at radius 2 is 2.05 bits per heavy atom. The van der Waals surface area contributed by atoms with Gasteiger partial charge >= 0.3 is 0 Å². The van der Waals surface area contributed by atoms with E-state index in [0.717, 1.165) is 29.9 Å². The molecule has 110 valence electrons. The molecule has 1 heterocycles. The van der Waals surface area contributed by atoms with Crippen molar-refractivity contribution in [3.8, 4) is 0 Å². The van der Waals surface area contributed by atoms with Gasteiger partial charge in [0, 0.05) is 36.2 Å². The van der Waals surface area contributed by atoms with Crippen molar-refractivity contribution >= 4 is 51.8 Å². The molecule has 3 N–H and O–H groups in total. The molecule has 20 heavy (non-hydrogen) atoms. The number of nitrogens with zero attached hydrogens (tertiary/aromatic N) is 1. The fourth-order valence-corrected chi connectivity index (χ4v) is 1.98. The maximum atomic E-state index is 11.8. The topological polar surface area (TPSA) is 65.5 Å². The highest BCUT2D eigenvalue weighted by Crippen LogP contribution is 2.10. The van der Waals surface area contributed by atoms with Crippen molar-refractivity contribution in [1.82, 2.24) is 16.0 Å². The van der Waals surface area contributed by atoms with E-state index in [1.165, 1.54) is 0 Å². The van der Waals surface area contributed by atoms with E-state index in [1.807, 2.05) is 12.1 Å². The second-order valence-corrected chi connectivity index (χ2v) is 5.12. The van der Waals surface area contributed by atoms with Crippen LogP contribution >= 0.6 is 39.9 Å². The summed E-state index contributed by atoms with van der Waals surface area (Å²) in [7, 11) is 0. The molecule has 1 aliphatic rings. The Balaban J connectivity index is 0.00000200. The largest absolute Gasteiger partial charge is 0.356 e. The number of halogens is 2. The highest BCUT2D eigenvalue weighted by molar-refractivity contribution is 14.0. The minimum absolute atomic E-state index is 0. The molecule has 1 aromatic carbocycles. The molecule has 1 aliphatic heterocycles. The average Bonchev–Trinajstić information content (AvgIpc) is 2.45. The maximum absolute atomic E-state index is 11.8. The number of carbonyl (C=O) groups excluding carboxylic acids is 1. The van der Waals surface area contributed by atoms with E-state index < -0.39 is 0 Å². The quantitative estimate of drug-likeness (QED) is 0.481. The first-order valence-electron chi connectivity index (χ1n) is 6.31. The van der Waals surface area contributed by atoms with Gasteiger partial charge in [0.1, 0.15) is 0 Å². The number of hydrogen-bond acceptors (Lipinski definition) is 4. The molecule has 0 saturated carbocycles. The fraction of sp³-hybridized carbons (Fsp3) is 0.385. The van der Waals surface area contributed by atoms with Crippen molar-refractivity contribution in [2.24, 2.45) is 4.99 Å². The molecule has 1 amide bonds. The standard InChI is InChI=1S/C13H17BrN4O.HI/c14-11-4-2-10(3-5-11)12(19)15-8-9-18-13-16-6-1-7-17-13;/h2-5H,1,6-9H2,(H,15,19)(H2,16,17,18);1H. The number of aliphatic imine (C=N–C) groups is 1. The van der Waals surface area contributed by atoms with Gasteiger partial charge in [-0.05, 0) is 30.7 Å². The normalized spacial score (nSPS) is 13.6. The van der Waals surface area contributed by atoms with Crippen LogP contribution in [0.5, 0.6) is 0 Å². The summed E-state index contributed by atoms with van der Waals surface area (Å²) in [5.74, 6) is 0.761. The predicted octanol–water partition coefficient (Wildman–Crippen LogP) is 1.74. The lowest BCUT2D eigenvalue weighted by molar-refractivity contribution is 0.0954. The molecule has 0 bridgehead atoms. The van der Waals surface area contributed by atoms with Crippen LogP contribution in [0.25, 0.3) is 0 Å². The lowest BCUT2D eigenvalue weighted by Gasteiger charge is -2.16. The third kappa shape index (κ3) is 5.66. The zero-order valence-corrected chi connectivity index (χ0v) is 14.9. The summed E-state index contributed by atoms with van der Waals surface area (Å²) in [6, 6.07) is 7.29. The molecule has 0 atom stereocenters. The molecule has 0 unspecified atom stereocenters. The highest BCUT2D eigenvalue weighted by atomic mass is 127. The Bertz CT molecular complexity index is 464. The van der Waals surface area contributed by atoms with Crippen LogP contribution < -0.4 is 16.0 Å². The number of guanidine groups is 1. The molecule has 1 aromatic rings.